The molecule has 2 aromatic rings. The number of aryl methyl sites for hydroxylation is 1. The zero-order chi connectivity index (χ0) is 19.0. The average Bonchev–Trinajstić information content (AvgIpc) is 3.35. The highest BCUT2D eigenvalue weighted by atomic mass is 16.6. The molecule has 1 aliphatic heterocycles. The molecule has 27 heavy (non-hydrogen) atoms. The molecule has 2 atom stereocenters. The molecule has 2 N–H and O–H groups in total. The first-order chi connectivity index (χ1) is 13.0. The fraction of sp³-hybridized carbons (Fsp3) is 0.389. The Bertz CT molecular complexity index is 878. The topological polar surface area (TPSA) is 122 Å². The molecule has 0 bridgehead atoms. The minimum atomic E-state index is -1.22. The number of fused-ring (bicyclic) bond motifs is 1. The third kappa shape index (κ3) is 3.33. The number of carboxylic acids is 1. The molecule has 1 unspecified atom stereocenters. The molecule has 0 saturated carbocycles. The van der Waals surface area contributed by atoms with Crippen LogP contribution in [0.3, 0.4) is 0 Å². The minimum absolute atomic E-state index is 0.129. The van der Waals surface area contributed by atoms with Gasteiger partial charge in [0.2, 0.25) is 5.76 Å². The second kappa shape index (κ2) is 6.92. The molecule has 9 heteroatoms. The lowest BCUT2D eigenvalue weighted by Gasteiger charge is -2.22. The highest BCUT2D eigenvalue weighted by Gasteiger charge is 2.35. The number of rotatable bonds is 6. The van der Waals surface area contributed by atoms with Gasteiger partial charge in [-0.15, -0.1) is 0 Å². The van der Waals surface area contributed by atoms with Crippen molar-refractivity contribution in [1.82, 2.24) is 4.98 Å². The molecule has 1 aromatic heterocycles. The molecule has 1 aliphatic carbocycles. The lowest BCUT2D eigenvalue weighted by molar-refractivity contribution is 0.0652. The van der Waals surface area contributed by atoms with Crippen LogP contribution in [0.15, 0.2) is 28.8 Å². The monoisotopic (exact) mass is 374 g/mol. The third-order valence-corrected chi connectivity index (χ3v) is 4.78. The first-order valence-corrected chi connectivity index (χ1v) is 8.61. The van der Waals surface area contributed by atoms with Crippen molar-refractivity contribution in [3.63, 3.8) is 0 Å². The number of carboxylic acid groups (broad SMARTS) is 1. The molecule has 142 valence electrons. The number of cyclic esters (lactones) is 1. The standard InChI is InChI=1S/C18H18N2O7/c21-14-4-1-10-7-11(2-3-13(10)14)20-12(9-26-18(20)24)5-6-25-17-19-8-15(27-17)16(22)23/h2-3,7-8,12,14,21H,1,4-6,9H2,(H,22,23)/t12-,14?/m0/s1. The van der Waals surface area contributed by atoms with Crippen LogP contribution in [0.4, 0.5) is 10.5 Å². The molecular weight excluding hydrogens is 356 g/mol. The van der Waals surface area contributed by atoms with E-state index in [0.29, 0.717) is 12.8 Å². The Labute approximate surface area is 154 Å². The molecule has 1 fully saturated rings. The Morgan fingerprint density at radius 1 is 1.41 bits per heavy atom. The number of anilines is 1. The molecule has 2 aliphatic rings. The first-order valence-electron chi connectivity index (χ1n) is 8.61. The van der Waals surface area contributed by atoms with Crippen molar-refractivity contribution < 1.29 is 33.7 Å². The van der Waals surface area contributed by atoms with Crippen LogP contribution >= 0.6 is 0 Å². The number of hydrogen-bond acceptors (Lipinski definition) is 7. The second-order valence-electron chi connectivity index (χ2n) is 6.47. The van der Waals surface area contributed by atoms with E-state index in [-0.39, 0.29) is 31.1 Å². The summed E-state index contributed by atoms with van der Waals surface area (Å²) in [5.74, 6) is -1.52. The zero-order valence-electron chi connectivity index (χ0n) is 14.3. The first kappa shape index (κ1) is 17.3. The van der Waals surface area contributed by atoms with Crippen LogP contribution in [-0.2, 0) is 11.2 Å². The highest BCUT2D eigenvalue weighted by molar-refractivity contribution is 5.90. The molecule has 2 heterocycles. The quantitative estimate of drug-likeness (QED) is 0.788. The lowest BCUT2D eigenvalue weighted by Crippen LogP contribution is -2.34. The van der Waals surface area contributed by atoms with Crippen LogP contribution in [0.2, 0.25) is 0 Å². The largest absolute Gasteiger partial charge is 0.475 e. The van der Waals surface area contributed by atoms with Crippen molar-refractivity contribution in [1.29, 1.82) is 0 Å². The fourth-order valence-corrected chi connectivity index (χ4v) is 3.43. The van der Waals surface area contributed by atoms with Crippen LogP contribution in [-0.4, -0.2) is 46.5 Å². The van der Waals surface area contributed by atoms with Crippen LogP contribution < -0.4 is 9.64 Å². The minimum Gasteiger partial charge on any atom is -0.475 e. The summed E-state index contributed by atoms with van der Waals surface area (Å²) in [6.45, 7) is 0.412. The number of hydrogen-bond donors (Lipinski definition) is 2. The van der Waals surface area contributed by atoms with Gasteiger partial charge in [-0.1, -0.05) is 6.07 Å². The van der Waals surface area contributed by atoms with Gasteiger partial charge in [-0.3, -0.25) is 4.90 Å². The number of nitrogens with zero attached hydrogens (tertiary/aromatic N) is 2. The van der Waals surface area contributed by atoms with Crippen molar-refractivity contribution in [2.45, 2.75) is 31.4 Å². The van der Waals surface area contributed by atoms with Crippen LogP contribution in [0.25, 0.3) is 0 Å². The summed E-state index contributed by atoms with van der Waals surface area (Å²) in [5, 5.41) is 18.7. The number of aromatic carboxylic acids is 1. The maximum atomic E-state index is 12.2. The van der Waals surface area contributed by atoms with Gasteiger partial charge < -0.3 is 24.1 Å². The van der Waals surface area contributed by atoms with Gasteiger partial charge in [0, 0.05) is 12.1 Å². The van der Waals surface area contributed by atoms with Gasteiger partial charge in [0.15, 0.2) is 0 Å². The lowest BCUT2D eigenvalue weighted by atomic mass is 10.1. The smallest absolute Gasteiger partial charge is 0.414 e. The Balaban J connectivity index is 1.42. The van der Waals surface area contributed by atoms with Crippen molar-refractivity contribution >= 4 is 17.7 Å². The molecule has 0 radical (unpaired) electrons. The number of aliphatic hydroxyl groups excluding tert-OH is 1. The summed E-state index contributed by atoms with van der Waals surface area (Å²) in [6.07, 6.45) is 1.99. The SMILES string of the molecule is O=C(O)c1cnc(OCC[C@H]2COC(=O)N2c2ccc3c(c2)CCC3O)o1. The summed E-state index contributed by atoms with van der Waals surface area (Å²) in [5.41, 5.74) is 2.67. The van der Waals surface area contributed by atoms with Crippen LogP contribution in [0.1, 0.15) is 40.6 Å². The molecule has 4 rings (SSSR count). The molecular formula is C18H18N2O7. The molecule has 0 spiro atoms. The summed E-state index contributed by atoms with van der Waals surface area (Å²) in [6, 6.07) is 5.35. The average molecular weight is 374 g/mol. The highest BCUT2D eigenvalue weighted by Crippen LogP contribution is 2.35. The van der Waals surface area contributed by atoms with Gasteiger partial charge in [0.1, 0.15) is 6.61 Å². The number of oxazole rings is 1. The summed E-state index contributed by atoms with van der Waals surface area (Å²) in [4.78, 5) is 28.3. The predicted molar refractivity (Wildman–Crippen MR) is 90.9 cm³/mol. The molecule has 1 aromatic carbocycles. The number of ether oxygens (including phenoxy) is 2. The maximum Gasteiger partial charge on any atom is 0.414 e. The van der Waals surface area contributed by atoms with E-state index in [4.69, 9.17) is 19.0 Å². The molecule has 1 saturated heterocycles. The van der Waals surface area contributed by atoms with Gasteiger partial charge in [-0.2, -0.15) is 4.98 Å². The van der Waals surface area contributed by atoms with Crippen LogP contribution in [0, 0.1) is 0 Å². The van der Waals surface area contributed by atoms with E-state index in [0.717, 1.165) is 29.4 Å². The van der Waals surface area contributed by atoms with Gasteiger partial charge in [-0.05, 0) is 36.1 Å². The summed E-state index contributed by atoms with van der Waals surface area (Å²) in [7, 11) is 0. The van der Waals surface area contributed by atoms with E-state index in [1.165, 1.54) is 0 Å². The zero-order valence-corrected chi connectivity index (χ0v) is 14.3. The number of benzene rings is 1. The second-order valence-corrected chi connectivity index (χ2v) is 6.47. The van der Waals surface area contributed by atoms with E-state index < -0.39 is 18.2 Å². The van der Waals surface area contributed by atoms with Crippen molar-refractivity contribution in [2.75, 3.05) is 18.1 Å². The van der Waals surface area contributed by atoms with E-state index in [9.17, 15) is 14.7 Å². The van der Waals surface area contributed by atoms with Crippen molar-refractivity contribution in [3.05, 3.63) is 41.3 Å². The number of aromatic nitrogens is 1. The Hall–Kier alpha value is -3.07. The van der Waals surface area contributed by atoms with E-state index >= 15 is 0 Å². The summed E-state index contributed by atoms with van der Waals surface area (Å²) < 4.78 is 15.4. The third-order valence-electron chi connectivity index (χ3n) is 4.78. The number of amides is 1. The fourth-order valence-electron chi connectivity index (χ4n) is 3.43. The molecule has 1 amide bonds. The van der Waals surface area contributed by atoms with Gasteiger partial charge in [0.05, 0.1) is 24.9 Å². The van der Waals surface area contributed by atoms with Gasteiger partial charge >= 0.3 is 18.1 Å². The van der Waals surface area contributed by atoms with Crippen molar-refractivity contribution in [2.24, 2.45) is 0 Å². The number of carbonyl (C=O) groups excluding carboxylic acids is 1. The molecule has 9 nitrogen and oxygen atoms in total. The van der Waals surface area contributed by atoms with Crippen molar-refractivity contribution in [3.8, 4) is 6.08 Å². The van der Waals surface area contributed by atoms with E-state index in [1.54, 1.807) is 11.0 Å². The maximum absolute atomic E-state index is 12.2. The number of carbonyl (C=O) groups is 2. The van der Waals surface area contributed by atoms with E-state index in [1.807, 2.05) is 12.1 Å². The summed E-state index contributed by atoms with van der Waals surface area (Å²) >= 11 is 0. The van der Waals surface area contributed by atoms with Gasteiger partial charge in [0.25, 0.3) is 0 Å². The van der Waals surface area contributed by atoms with Gasteiger partial charge in [-0.25, -0.2) is 9.59 Å². The normalized spacial score (nSPS) is 21.2. The van der Waals surface area contributed by atoms with E-state index in [2.05, 4.69) is 4.98 Å². The Kier molecular flexibility index (Phi) is 4.44. The number of aliphatic hydroxyl groups is 1. The van der Waals surface area contributed by atoms with Crippen LogP contribution in [0.5, 0.6) is 6.08 Å². The predicted octanol–water partition coefficient (Wildman–Crippen LogP) is 2.15. The Morgan fingerprint density at radius 3 is 3.04 bits per heavy atom. The Morgan fingerprint density at radius 2 is 2.26 bits per heavy atom.